The number of rotatable bonds is 5. The second-order valence-corrected chi connectivity index (χ2v) is 5.21. The van der Waals surface area contributed by atoms with Gasteiger partial charge in [0, 0.05) is 18.6 Å². The zero-order valence-corrected chi connectivity index (χ0v) is 12.1. The first-order valence-corrected chi connectivity index (χ1v) is 6.97. The third-order valence-electron chi connectivity index (χ3n) is 3.82. The number of likely N-dealkylation sites (N-methyl/N-ethyl adjacent to an activating group) is 1. The molecule has 1 aliphatic rings. The molecule has 2 atom stereocenters. The van der Waals surface area contributed by atoms with Gasteiger partial charge in [-0.3, -0.25) is 0 Å². The van der Waals surface area contributed by atoms with Crippen LogP contribution in [0.2, 0.25) is 0 Å². The molecule has 0 aromatic heterocycles. The summed E-state index contributed by atoms with van der Waals surface area (Å²) in [5.74, 6) is 1.63. The van der Waals surface area contributed by atoms with Crippen LogP contribution in [0.4, 0.5) is 0 Å². The van der Waals surface area contributed by atoms with E-state index in [-0.39, 0.29) is 6.04 Å². The van der Waals surface area contributed by atoms with Crippen LogP contribution in [-0.2, 0) is 0 Å². The molecule has 0 aliphatic carbocycles. The minimum absolute atomic E-state index is 0.00479. The standard InChI is InChI=1S/C15H24N2O2/c1-4-11(2)17(3)10-13(16)12-5-6-14-15(9-12)19-8-7-18-14/h5-6,9,11,13H,4,7-8,10,16H2,1-3H3. The van der Waals surface area contributed by atoms with E-state index in [1.807, 2.05) is 18.2 Å². The van der Waals surface area contributed by atoms with Crippen LogP contribution in [0.15, 0.2) is 18.2 Å². The third kappa shape index (κ3) is 3.39. The highest BCUT2D eigenvalue weighted by Crippen LogP contribution is 2.32. The molecule has 2 N–H and O–H groups in total. The molecule has 0 saturated heterocycles. The van der Waals surface area contributed by atoms with Crippen LogP contribution in [-0.4, -0.2) is 37.7 Å². The predicted octanol–water partition coefficient (Wildman–Crippen LogP) is 2.19. The molecule has 0 radical (unpaired) electrons. The third-order valence-corrected chi connectivity index (χ3v) is 3.82. The summed E-state index contributed by atoms with van der Waals surface area (Å²) in [5, 5.41) is 0. The molecule has 4 heteroatoms. The Hall–Kier alpha value is -1.26. The first-order chi connectivity index (χ1) is 9.11. The topological polar surface area (TPSA) is 47.7 Å². The Labute approximate surface area is 115 Å². The summed E-state index contributed by atoms with van der Waals surface area (Å²) in [6.07, 6.45) is 1.13. The predicted molar refractivity (Wildman–Crippen MR) is 76.7 cm³/mol. The summed E-state index contributed by atoms with van der Waals surface area (Å²) in [6.45, 7) is 6.48. The van der Waals surface area contributed by atoms with Gasteiger partial charge in [0.25, 0.3) is 0 Å². The lowest BCUT2D eigenvalue weighted by atomic mass is 10.1. The Morgan fingerprint density at radius 1 is 1.26 bits per heavy atom. The van der Waals surface area contributed by atoms with Gasteiger partial charge in [0.1, 0.15) is 13.2 Å². The Morgan fingerprint density at radius 3 is 2.63 bits per heavy atom. The Morgan fingerprint density at radius 2 is 1.95 bits per heavy atom. The first-order valence-electron chi connectivity index (χ1n) is 6.97. The molecular formula is C15H24N2O2. The SMILES string of the molecule is CCC(C)N(C)CC(N)c1ccc2c(c1)OCCO2. The number of nitrogens with two attached hydrogens (primary N) is 1. The van der Waals surface area contributed by atoms with Gasteiger partial charge >= 0.3 is 0 Å². The molecule has 0 bridgehead atoms. The molecule has 1 aromatic carbocycles. The fourth-order valence-corrected chi connectivity index (χ4v) is 2.20. The first kappa shape index (κ1) is 14.2. The summed E-state index contributed by atoms with van der Waals surface area (Å²) in [4.78, 5) is 2.29. The molecule has 1 aromatic rings. The quantitative estimate of drug-likeness (QED) is 0.885. The lowest BCUT2D eigenvalue weighted by Gasteiger charge is -2.27. The number of hydrogen-bond donors (Lipinski definition) is 1. The van der Waals surface area contributed by atoms with Gasteiger partial charge in [0.15, 0.2) is 11.5 Å². The number of benzene rings is 1. The molecule has 0 spiro atoms. The van der Waals surface area contributed by atoms with Crippen molar-refractivity contribution in [2.75, 3.05) is 26.8 Å². The molecule has 1 aliphatic heterocycles. The fraction of sp³-hybridized carbons (Fsp3) is 0.600. The van der Waals surface area contributed by atoms with Crippen molar-refractivity contribution in [1.29, 1.82) is 0 Å². The Balaban J connectivity index is 2.05. The molecule has 0 fully saturated rings. The minimum Gasteiger partial charge on any atom is -0.486 e. The molecule has 2 unspecified atom stereocenters. The van der Waals surface area contributed by atoms with Crippen LogP contribution in [0.1, 0.15) is 31.9 Å². The van der Waals surface area contributed by atoms with Crippen LogP contribution in [0.25, 0.3) is 0 Å². The minimum atomic E-state index is -0.00479. The Bertz CT molecular complexity index is 423. The van der Waals surface area contributed by atoms with Gasteiger partial charge < -0.3 is 20.1 Å². The van der Waals surface area contributed by atoms with Crippen molar-refractivity contribution in [2.24, 2.45) is 5.73 Å². The molecule has 0 amide bonds. The molecule has 2 rings (SSSR count). The van der Waals surface area contributed by atoms with Crippen molar-refractivity contribution < 1.29 is 9.47 Å². The smallest absolute Gasteiger partial charge is 0.161 e. The molecule has 4 nitrogen and oxygen atoms in total. The summed E-state index contributed by atoms with van der Waals surface area (Å²) in [7, 11) is 2.12. The Kier molecular flexibility index (Phi) is 4.66. The van der Waals surface area contributed by atoms with Crippen LogP contribution < -0.4 is 15.2 Å². The average Bonchev–Trinajstić information content (AvgIpc) is 2.45. The van der Waals surface area contributed by atoms with Crippen molar-refractivity contribution in [2.45, 2.75) is 32.4 Å². The van der Waals surface area contributed by atoms with Gasteiger partial charge in [-0.1, -0.05) is 13.0 Å². The maximum absolute atomic E-state index is 6.28. The van der Waals surface area contributed by atoms with Gasteiger partial charge in [0.2, 0.25) is 0 Å². The van der Waals surface area contributed by atoms with Crippen molar-refractivity contribution in [1.82, 2.24) is 4.90 Å². The summed E-state index contributed by atoms with van der Waals surface area (Å²) in [5.41, 5.74) is 7.38. The largest absolute Gasteiger partial charge is 0.486 e. The molecule has 1 heterocycles. The van der Waals surface area contributed by atoms with E-state index < -0.39 is 0 Å². The second-order valence-electron chi connectivity index (χ2n) is 5.21. The highest BCUT2D eigenvalue weighted by molar-refractivity contribution is 5.44. The lowest BCUT2D eigenvalue weighted by Crippen LogP contribution is -2.35. The average molecular weight is 264 g/mol. The van der Waals surface area contributed by atoms with Crippen LogP contribution in [0.5, 0.6) is 11.5 Å². The van der Waals surface area contributed by atoms with E-state index in [1.165, 1.54) is 0 Å². The normalized spacial score (nSPS) is 17.3. The summed E-state index contributed by atoms with van der Waals surface area (Å²) < 4.78 is 11.1. The lowest BCUT2D eigenvalue weighted by molar-refractivity contribution is 0.171. The van der Waals surface area contributed by atoms with Crippen LogP contribution in [0.3, 0.4) is 0 Å². The van der Waals surface area contributed by atoms with E-state index in [2.05, 4.69) is 25.8 Å². The zero-order valence-electron chi connectivity index (χ0n) is 12.1. The van der Waals surface area contributed by atoms with E-state index in [0.29, 0.717) is 19.3 Å². The van der Waals surface area contributed by atoms with Gasteiger partial charge in [-0.15, -0.1) is 0 Å². The van der Waals surface area contributed by atoms with Crippen LogP contribution >= 0.6 is 0 Å². The van der Waals surface area contributed by atoms with Crippen LogP contribution in [0, 0.1) is 0 Å². The number of fused-ring (bicyclic) bond motifs is 1. The number of hydrogen-bond acceptors (Lipinski definition) is 4. The molecule has 19 heavy (non-hydrogen) atoms. The van der Waals surface area contributed by atoms with Crippen molar-refractivity contribution >= 4 is 0 Å². The van der Waals surface area contributed by atoms with Crippen molar-refractivity contribution in [3.63, 3.8) is 0 Å². The monoisotopic (exact) mass is 264 g/mol. The highest BCUT2D eigenvalue weighted by atomic mass is 16.6. The van der Waals surface area contributed by atoms with E-state index in [1.54, 1.807) is 0 Å². The number of nitrogens with zero attached hydrogens (tertiary/aromatic N) is 1. The molecule has 106 valence electrons. The van der Waals surface area contributed by atoms with Crippen molar-refractivity contribution in [3.8, 4) is 11.5 Å². The van der Waals surface area contributed by atoms with E-state index >= 15 is 0 Å². The van der Waals surface area contributed by atoms with Gasteiger partial charge in [-0.2, -0.15) is 0 Å². The highest BCUT2D eigenvalue weighted by Gasteiger charge is 2.17. The van der Waals surface area contributed by atoms with Gasteiger partial charge in [0.05, 0.1) is 0 Å². The second kappa shape index (κ2) is 6.26. The summed E-state index contributed by atoms with van der Waals surface area (Å²) in [6, 6.07) is 6.53. The summed E-state index contributed by atoms with van der Waals surface area (Å²) >= 11 is 0. The van der Waals surface area contributed by atoms with Gasteiger partial charge in [-0.25, -0.2) is 0 Å². The molecule has 0 saturated carbocycles. The van der Waals surface area contributed by atoms with Crippen molar-refractivity contribution in [3.05, 3.63) is 23.8 Å². The maximum Gasteiger partial charge on any atom is 0.161 e. The molecular weight excluding hydrogens is 240 g/mol. The van der Waals surface area contributed by atoms with Gasteiger partial charge in [-0.05, 0) is 38.1 Å². The number of ether oxygens (including phenoxy) is 2. The van der Waals surface area contributed by atoms with E-state index in [4.69, 9.17) is 15.2 Å². The van der Waals surface area contributed by atoms with E-state index in [9.17, 15) is 0 Å². The fourth-order valence-electron chi connectivity index (χ4n) is 2.20. The zero-order chi connectivity index (χ0) is 13.8. The van der Waals surface area contributed by atoms with E-state index in [0.717, 1.165) is 30.0 Å². The maximum atomic E-state index is 6.28.